The molecular formula is C24H27ClFN3O2S. The van der Waals surface area contributed by atoms with E-state index < -0.39 is 5.82 Å². The first-order valence-corrected chi connectivity index (χ1v) is 12.4. The van der Waals surface area contributed by atoms with Crippen molar-refractivity contribution in [2.75, 3.05) is 19.6 Å². The number of aromatic nitrogens is 1. The number of benzene rings is 1. The maximum atomic E-state index is 14.1. The molecule has 0 radical (unpaired) electrons. The normalized spacial score (nSPS) is 17.2. The Morgan fingerprint density at radius 3 is 2.78 bits per heavy atom. The Hall–Kier alpha value is -2.25. The quantitative estimate of drug-likeness (QED) is 0.555. The molecule has 32 heavy (non-hydrogen) atoms. The molecule has 1 aliphatic carbocycles. The van der Waals surface area contributed by atoms with Gasteiger partial charge in [-0.2, -0.15) is 0 Å². The summed E-state index contributed by atoms with van der Waals surface area (Å²) in [6.45, 7) is 1.64. The second kappa shape index (κ2) is 10.6. The predicted molar refractivity (Wildman–Crippen MR) is 125 cm³/mol. The third-order valence-corrected chi connectivity index (χ3v) is 7.50. The minimum absolute atomic E-state index is 0.0650. The van der Waals surface area contributed by atoms with Crippen molar-refractivity contribution in [1.82, 2.24) is 15.2 Å². The molecule has 1 fully saturated rings. The Morgan fingerprint density at radius 1 is 1.25 bits per heavy atom. The lowest BCUT2D eigenvalue weighted by Gasteiger charge is -2.31. The fourth-order valence-electron chi connectivity index (χ4n) is 4.33. The summed E-state index contributed by atoms with van der Waals surface area (Å²) in [5, 5.41) is 5.83. The zero-order valence-electron chi connectivity index (χ0n) is 17.9. The summed E-state index contributed by atoms with van der Waals surface area (Å²) < 4.78 is 14.1. The molecule has 0 bridgehead atoms. The summed E-state index contributed by atoms with van der Waals surface area (Å²) in [6, 6.07) is 4.27. The van der Waals surface area contributed by atoms with E-state index in [0.29, 0.717) is 25.3 Å². The highest BCUT2D eigenvalue weighted by Crippen LogP contribution is 2.32. The second-order valence-corrected chi connectivity index (χ2v) is 9.65. The maximum Gasteiger partial charge on any atom is 0.270 e. The van der Waals surface area contributed by atoms with Gasteiger partial charge in [-0.3, -0.25) is 9.59 Å². The molecule has 0 spiro atoms. The minimum Gasteiger partial charge on any atom is -0.350 e. The van der Waals surface area contributed by atoms with Gasteiger partial charge in [-0.1, -0.05) is 29.3 Å². The average molecular weight is 476 g/mol. The van der Waals surface area contributed by atoms with Crippen molar-refractivity contribution in [2.45, 2.75) is 50.9 Å². The van der Waals surface area contributed by atoms with Crippen LogP contribution in [0.4, 0.5) is 4.39 Å². The number of nitrogens with one attached hydrogen (secondary N) is 1. The average Bonchev–Trinajstić information content (AvgIpc) is 3.30. The van der Waals surface area contributed by atoms with Crippen LogP contribution in [0.2, 0.25) is 5.02 Å². The van der Waals surface area contributed by atoms with E-state index in [-0.39, 0.29) is 28.3 Å². The van der Waals surface area contributed by atoms with E-state index in [0.717, 1.165) is 37.1 Å². The maximum absolute atomic E-state index is 14.1. The Kier molecular flexibility index (Phi) is 7.58. The second-order valence-electron chi connectivity index (χ2n) is 8.35. The van der Waals surface area contributed by atoms with E-state index in [4.69, 9.17) is 11.6 Å². The number of hydrogen-bond donors (Lipinski definition) is 1. The van der Waals surface area contributed by atoms with Crippen molar-refractivity contribution in [3.8, 4) is 0 Å². The van der Waals surface area contributed by atoms with E-state index >= 15 is 0 Å². The number of allylic oxidation sites excluding steroid dienone is 1. The number of piperidine rings is 1. The lowest BCUT2D eigenvalue weighted by atomic mass is 9.97. The van der Waals surface area contributed by atoms with Crippen LogP contribution in [0.25, 0.3) is 0 Å². The van der Waals surface area contributed by atoms with Crippen LogP contribution < -0.4 is 5.32 Å². The standard InChI is InChI=1S/C24H27ClFN3O2S/c25-18-7-4-8-19(26)21(18)24(31)29-13-10-17(11-14-29)23-28-20(15-32-23)22(30)27-12-9-16-5-2-1-3-6-16/h4-5,7-8,15,17H,1-3,6,9-14H2,(H,27,30). The molecule has 1 aromatic heterocycles. The first-order valence-electron chi connectivity index (χ1n) is 11.2. The molecule has 1 aliphatic heterocycles. The molecule has 1 aromatic carbocycles. The lowest BCUT2D eigenvalue weighted by molar-refractivity contribution is 0.0708. The van der Waals surface area contributed by atoms with Crippen LogP contribution in [0.3, 0.4) is 0 Å². The number of hydrogen-bond acceptors (Lipinski definition) is 4. The third kappa shape index (κ3) is 5.38. The van der Waals surface area contributed by atoms with Gasteiger partial charge >= 0.3 is 0 Å². The van der Waals surface area contributed by atoms with Gasteiger partial charge < -0.3 is 10.2 Å². The van der Waals surface area contributed by atoms with Gasteiger partial charge in [0.25, 0.3) is 11.8 Å². The van der Waals surface area contributed by atoms with Crippen molar-refractivity contribution in [3.63, 3.8) is 0 Å². The molecule has 2 aliphatic rings. The molecule has 1 saturated heterocycles. The molecule has 8 heteroatoms. The molecule has 0 unspecified atom stereocenters. The first-order chi connectivity index (χ1) is 15.5. The Balaban J connectivity index is 1.28. The number of carbonyl (C=O) groups is 2. The van der Waals surface area contributed by atoms with Crippen molar-refractivity contribution >= 4 is 34.8 Å². The molecule has 2 aromatic rings. The Morgan fingerprint density at radius 2 is 2.06 bits per heavy atom. The highest BCUT2D eigenvalue weighted by Gasteiger charge is 2.29. The number of thiazole rings is 1. The number of likely N-dealkylation sites (tertiary alicyclic amines) is 1. The lowest BCUT2D eigenvalue weighted by Crippen LogP contribution is -2.38. The van der Waals surface area contributed by atoms with Gasteiger partial charge in [-0.15, -0.1) is 11.3 Å². The van der Waals surface area contributed by atoms with Gasteiger partial charge in [0.15, 0.2) is 0 Å². The first kappa shape index (κ1) is 22.9. The van der Waals surface area contributed by atoms with Gasteiger partial charge in [0.1, 0.15) is 11.5 Å². The van der Waals surface area contributed by atoms with Gasteiger partial charge in [0.05, 0.1) is 15.6 Å². The van der Waals surface area contributed by atoms with Gasteiger partial charge in [0.2, 0.25) is 0 Å². The minimum atomic E-state index is -0.597. The van der Waals surface area contributed by atoms with Crippen LogP contribution in [0.5, 0.6) is 0 Å². The van der Waals surface area contributed by atoms with Crippen LogP contribution in [0.15, 0.2) is 35.2 Å². The van der Waals surface area contributed by atoms with E-state index in [1.807, 2.05) is 0 Å². The smallest absolute Gasteiger partial charge is 0.270 e. The summed E-state index contributed by atoms with van der Waals surface area (Å²) >= 11 is 7.53. The van der Waals surface area contributed by atoms with E-state index in [9.17, 15) is 14.0 Å². The third-order valence-electron chi connectivity index (χ3n) is 6.18. The van der Waals surface area contributed by atoms with Gasteiger partial charge in [-0.05, 0) is 57.1 Å². The molecule has 0 atom stereocenters. The van der Waals surface area contributed by atoms with Crippen molar-refractivity contribution in [1.29, 1.82) is 0 Å². The van der Waals surface area contributed by atoms with Crippen LogP contribution in [-0.2, 0) is 0 Å². The fourth-order valence-corrected chi connectivity index (χ4v) is 5.54. The summed E-state index contributed by atoms with van der Waals surface area (Å²) in [6.07, 6.45) is 9.45. The molecule has 0 saturated carbocycles. The van der Waals surface area contributed by atoms with Gasteiger partial charge in [0, 0.05) is 30.9 Å². The Labute approximate surface area is 196 Å². The van der Waals surface area contributed by atoms with Crippen LogP contribution >= 0.6 is 22.9 Å². The zero-order valence-corrected chi connectivity index (χ0v) is 19.5. The summed E-state index contributed by atoms with van der Waals surface area (Å²) in [5.74, 6) is -0.918. The van der Waals surface area contributed by atoms with E-state index in [1.54, 1.807) is 10.3 Å². The zero-order chi connectivity index (χ0) is 22.5. The highest BCUT2D eigenvalue weighted by molar-refractivity contribution is 7.09. The molecule has 5 nitrogen and oxygen atoms in total. The predicted octanol–water partition coefficient (Wildman–Crippen LogP) is 5.58. The summed E-state index contributed by atoms with van der Waals surface area (Å²) in [5.41, 5.74) is 1.83. The molecule has 1 N–H and O–H groups in total. The summed E-state index contributed by atoms with van der Waals surface area (Å²) in [7, 11) is 0. The van der Waals surface area contributed by atoms with Gasteiger partial charge in [-0.25, -0.2) is 9.37 Å². The van der Waals surface area contributed by atoms with E-state index in [2.05, 4.69) is 16.4 Å². The topological polar surface area (TPSA) is 62.3 Å². The number of nitrogens with zero attached hydrogens (tertiary/aromatic N) is 2. The molecule has 2 amide bonds. The van der Waals surface area contributed by atoms with Crippen LogP contribution in [-0.4, -0.2) is 41.3 Å². The van der Waals surface area contributed by atoms with Crippen LogP contribution in [0.1, 0.15) is 76.7 Å². The molecule has 170 valence electrons. The fraction of sp³-hybridized carbons (Fsp3) is 0.458. The molecular weight excluding hydrogens is 449 g/mol. The number of amides is 2. The van der Waals surface area contributed by atoms with Crippen molar-refractivity contribution in [3.05, 3.63) is 62.3 Å². The Bertz CT molecular complexity index is 994. The number of carbonyl (C=O) groups excluding carboxylic acids is 2. The number of halogens is 2. The SMILES string of the molecule is O=C(NCCC1=CCCCC1)c1csc(C2CCN(C(=O)c3c(F)cccc3Cl)CC2)n1. The van der Waals surface area contributed by atoms with Crippen molar-refractivity contribution < 1.29 is 14.0 Å². The van der Waals surface area contributed by atoms with Crippen LogP contribution in [0, 0.1) is 5.82 Å². The molecule has 4 rings (SSSR count). The van der Waals surface area contributed by atoms with E-state index in [1.165, 1.54) is 48.0 Å². The largest absolute Gasteiger partial charge is 0.350 e. The molecule has 2 heterocycles. The summed E-state index contributed by atoms with van der Waals surface area (Å²) in [4.78, 5) is 31.4. The monoisotopic (exact) mass is 475 g/mol. The number of rotatable bonds is 6. The van der Waals surface area contributed by atoms with Crippen molar-refractivity contribution in [2.24, 2.45) is 0 Å². The highest BCUT2D eigenvalue weighted by atomic mass is 35.5.